The highest BCUT2D eigenvalue weighted by Gasteiger charge is 2.21. The average Bonchev–Trinajstić information content (AvgIpc) is 2.98. The lowest BCUT2D eigenvalue weighted by Crippen LogP contribution is -2.30. The number of hydrogen-bond donors (Lipinski definition) is 1. The summed E-state index contributed by atoms with van der Waals surface area (Å²) in [7, 11) is -4.00. The topological polar surface area (TPSA) is 89.0 Å². The number of fused-ring (bicyclic) bond motifs is 1. The molecular weight excluding hydrogens is 329 g/mol. The zero-order valence-corrected chi connectivity index (χ0v) is 12.5. The molecule has 0 bridgehead atoms. The molecule has 6 nitrogen and oxygen atoms in total. The second-order valence-electron chi connectivity index (χ2n) is 4.29. The number of rotatable bonds is 3. The van der Waals surface area contributed by atoms with Crippen LogP contribution in [0.3, 0.4) is 0 Å². The van der Waals surface area contributed by atoms with E-state index in [1.54, 1.807) is 18.2 Å². The Balaban J connectivity index is 1.98. The standard InChI is InChI=1S/C13H8FN3O3S2/c14-10-7-6-9(12-11(10)15-17-21-12)13(18)16-22(19,20)8-4-2-1-3-5-8/h1-7H,(H,16,18). The third kappa shape index (κ3) is 2.55. The molecule has 0 atom stereocenters. The molecular formula is C13H8FN3O3S2. The number of benzene rings is 2. The Morgan fingerprint density at radius 3 is 2.59 bits per heavy atom. The molecule has 0 radical (unpaired) electrons. The molecule has 3 aromatic rings. The summed E-state index contributed by atoms with van der Waals surface area (Å²) >= 11 is 0.821. The van der Waals surface area contributed by atoms with E-state index in [0.29, 0.717) is 0 Å². The van der Waals surface area contributed by atoms with Crippen LogP contribution in [-0.2, 0) is 10.0 Å². The molecule has 1 aromatic heterocycles. The molecule has 1 N–H and O–H groups in total. The van der Waals surface area contributed by atoms with Crippen molar-refractivity contribution in [2.45, 2.75) is 4.90 Å². The van der Waals surface area contributed by atoms with Crippen LogP contribution in [0.15, 0.2) is 47.4 Å². The Bertz CT molecular complexity index is 955. The molecule has 0 saturated carbocycles. The van der Waals surface area contributed by atoms with Gasteiger partial charge in [0.1, 0.15) is 5.52 Å². The fourth-order valence-corrected chi connectivity index (χ4v) is 3.52. The van der Waals surface area contributed by atoms with Gasteiger partial charge >= 0.3 is 0 Å². The van der Waals surface area contributed by atoms with Crippen LogP contribution in [0, 0.1) is 5.82 Å². The maximum absolute atomic E-state index is 13.5. The van der Waals surface area contributed by atoms with Crippen molar-refractivity contribution in [2.24, 2.45) is 0 Å². The zero-order chi connectivity index (χ0) is 15.7. The van der Waals surface area contributed by atoms with E-state index in [-0.39, 0.29) is 20.7 Å². The maximum Gasteiger partial charge on any atom is 0.266 e. The van der Waals surface area contributed by atoms with Gasteiger partial charge in [-0.25, -0.2) is 17.5 Å². The van der Waals surface area contributed by atoms with Crippen LogP contribution in [0.1, 0.15) is 10.4 Å². The Hall–Kier alpha value is -2.39. The van der Waals surface area contributed by atoms with Crippen LogP contribution in [0.2, 0.25) is 0 Å². The molecule has 22 heavy (non-hydrogen) atoms. The summed E-state index contributed by atoms with van der Waals surface area (Å²) in [4.78, 5) is 12.2. The van der Waals surface area contributed by atoms with E-state index in [1.165, 1.54) is 18.2 Å². The number of carbonyl (C=O) groups is 1. The van der Waals surface area contributed by atoms with E-state index in [4.69, 9.17) is 0 Å². The van der Waals surface area contributed by atoms with Gasteiger partial charge in [0.15, 0.2) is 5.82 Å². The summed E-state index contributed by atoms with van der Waals surface area (Å²) in [6, 6.07) is 9.73. The molecule has 9 heteroatoms. The molecule has 2 aromatic carbocycles. The Labute approximate surface area is 128 Å². The summed E-state index contributed by atoms with van der Waals surface area (Å²) in [6.45, 7) is 0. The highest BCUT2D eigenvalue weighted by atomic mass is 32.2. The Morgan fingerprint density at radius 2 is 1.86 bits per heavy atom. The Kier molecular flexibility index (Phi) is 3.59. The van der Waals surface area contributed by atoms with Gasteiger partial charge in [-0.05, 0) is 35.8 Å². The number of amides is 1. The summed E-state index contributed by atoms with van der Waals surface area (Å²) < 4.78 is 43.5. The van der Waals surface area contributed by atoms with Crippen molar-refractivity contribution in [1.82, 2.24) is 14.3 Å². The van der Waals surface area contributed by atoms with Crippen LogP contribution in [0.5, 0.6) is 0 Å². The largest absolute Gasteiger partial charge is 0.268 e. The lowest BCUT2D eigenvalue weighted by Gasteiger charge is -2.07. The average molecular weight is 337 g/mol. The first-order chi connectivity index (χ1) is 10.5. The van der Waals surface area contributed by atoms with E-state index < -0.39 is 21.7 Å². The van der Waals surface area contributed by atoms with Gasteiger partial charge in [-0.15, -0.1) is 5.10 Å². The van der Waals surface area contributed by atoms with E-state index in [0.717, 1.165) is 17.6 Å². The van der Waals surface area contributed by atoms with Gasteiger partial charge in [0, 0.05) is 0 Å². The number of nitrogens with one attached hydrogen (secondary N) is 1. The first-order valence-corrected chi connectivity index (χ1v) is 8.27. The van der Waals surface area contributed by atoms with Crippen LogP contribution >= 0.6 is 11.5 Å². The van der Waals surface area contributed by atoms with Crippen LogP contribution in [-0.4, -0.2) is 23.9 Å². The highest BCUT2D eigenvalue weighted by Crippen LogP contribution is 2.23. The second kappa shape index (κ2) is 5.43. The van der Waals surface area contributed by atoms with Gasteiger partial charge in [0.05, 0.1) is 15.2 Å². The molecule has 0 saturated heterocycles. The summed E-state index contributed by atoms with van der Waals surface area (Å²) in [5.74, 6) is -1.48. The molecule has 0 unspecified atom stereocenters. The van der Waals surface area contributed by atoms with Gasteiger partial charge in [-0.1, -0.05) is 22.7 Å². The number of nitrogens with zero attached hydrogens (tertiary/aromatic N) is 2. The quantitative estimate of drug-likeness (QED) is 0.789. The van der Waals surface area contributed by atoms with Crippen molar-refractivity contribution >= 4 is 37.7 Å². The first-order valence-electron chi connectivity index (χ1n) is 6.02. The monoisotopic (exact) mass is 337 g/mol. The number of sulfonamides is 1. The third-order valence-electron chi connectivity index (χ3n) is 2.88. The molecule has 112 valence electrons. The predicted molar refractivity (Wildman–Crippen MR) is 78.5 cm³/mol. The summed E-state index contributed by atoms with van der Waals surface area (Å²) in [5, 5.41) is 3.58. The Morgan fingerprint density at radius 1 is 1.14 bits per heavy atom. The molecule has 1 amide bonds. The van der Waals surface area contributed by atoms with Gasteiger partial charge < -0.3 is 0 Å². The molecule has 1 heterocycles. The molecule has 0 aliphatic heterocycles. The van der Waals surface area contributed by atoms with Crippen molar-refractivity contribution in [3.8, 4) is 0 Å². The van der Waals surface area contributed by atoms with Crippen LogP contribution in [0.25, 0.3) is 10.2 Å². The zero-order valence-electron chi connectivity index (χ0n) is 10.9. The minimum Gasteiger partial charge on any atom is -0.268 e. The SMILES string of the molecule is O=C(NS(=O)(=O)c1ccccc1)c1ccc(F)c2nnsc12. The van der Waals surface area contributed by atoms with Crippen molar-refractivity contribution < 1.29 is 17.6 Å². The highest BCUT2D eigenvalue weighted by molar-refractivity contribution is 7.90. The third-order valence-corrected chi connectivity index (χ3v) is 4.99. The minimum atomic E-state index is -4.00. The van der Waals surface area contributed by atoms with Crippen molar-refractivity contribution in [3.05, 3.63) is 53.8 Å². The van der Waals surface area contributed by atoms with E-state index in [1.807, 2.05) is 4.72 Å². The maximum atomic E-state index is 13.5. The lowest BCUT2D eigenvalue weighted by molar-refractivity contribution is 0.0983. The van der Waals surface area contributed by atoms with Crippen LogP contribution in [0.4, 0.5) is 4.39 Å². The molecule has 0 aliphatic rings. The predicted octanol–water partition coefficient (Wildman–Crippen LogP) is 1.95. The fourth-order valence-electron chi connectivity index (χ4n) is 1.85. The van der Waals surface area contributed by atoms with Crippen molar-refractivity contribution in [2.75, 3.05) is 0 Å². The van der Waals surface area contributed by atoms with Gasteiger partial charge in [-0.3, -0.25) is 4.79 Å². The van der Waals surface area contributed by atoms with E-state index in [9.17, 15) is 17.6 Å². The second-order valence-corrected chi connectivity index (χ2v) is 6.73. The molecule has 0 aliphatic carbocycles. The molecule has 3 rings (SSSR count). The normalized spacial score (nSPS) is 11.5. The fraction of sp³-hybridized carbons (Fsp3) is 0. The van der Waals surface area contributed by atoms with Crippen LogP contribution < -0.4 is 4.72 Å². The number of halogens is 1. The first kappa shape index (κ1) is 14.5. The van der Waals surface area contributed by atoms with E-state index in [2.05, 4.69) is 9.59 Å². The van der Waals surface area contributed by atoms with Gasteiger partial charge in [0.2, 0.25) is 0 Å². The van der Waals surface area contributed by atoms with Crippen molar-refractivity contribution in [1.29, 1.82) is 0 Å². The number of carbonyl (C=O) groups excluding carboxylic acids is 1. The smallest absolute Gasteiger partial charge is 0.266 e. The van der Waals surface area contributed by atoms with E-state index >= 15 is 0 Å². The summed E-state index contributed by atoms with van der Waals surface area (Å²) in [5.41, 5.74) is -0.0549. The number of aromatic nitrogens is 2. The number of hydrogen-bond acceptors (Lipinski definition) is 6. The lowest BCUT2D eigenvalue weighted by atomic mass is 10.2. The molecule has 0 fully saturated rings. The van der Waals surface area contributed by atoms with Crippen molar-refractivity contribution in [3.63, 3.8) is 0 Å². The van der Waals surface area contributed by atoms with Gasteiger partial charge in [0.25, 0.3) is 15.9 Å². The van der Waals surface area contributed by atoms with Gasteiger partial charge in [-0.2, -0.15) is 0 Å². The summed E-state index contributed by atoms with van der Waals surface area (Å²) in [6.07, 6.45) is 0. The minimum absolute atomic E-state index is 0.00547. The molecule has 0 spiro atoms.